The van der Waals surface area contributed by atoms with Gasteiger partial charge in [-0.15, -0.1) is 0 Å². The van der Waals surface area contributed by atoms with Crippen molar-refractivity contribution in [1.82, 2.24) is 14.8 Å². The third kappa shape index (κ3) is 3.49. The summed E-state index contributed by atoms with van der Waals surface area (Å²) in [5.41, 5.74) is 0.399. The lowest BCUT2D eigenvalue weighted by molar-refractivity contribution is 0.102. The van der Waals surface area contributed by atoms with Crippen LogP contribution in [-0.2, 0) is 6.54 Å². The summed E-state index contributed by atoms with van der Waals surface area (Å²) in [6.45, 7) is 2.59. The van der Waals surface area contributed by atoms with Crippen LogP contribution in [0.15, 0.2) is 36.8 Å². The quantitative estimate of drug-likeness (QED) is 0.503. The first kappa shape index (κ1) is 18.2. The van der Waals surface area contributed by atoms with Crippen LogP contribution in [0.5, 0.6) is 0 Å². The van der Waals surface area contributed by atoms with Crippen LogP contribution in [0.1, 0.15) is 33.3 Å². The topological polar surface area (TPSA) is 79.8 Å². The van der Waals surface area contributed by atoms with Gasteiger partial charge in [0.25, 0.3) is 5.91 Å². The molecule has 3 rings (SSSR count). The Morgan fingerprint density at radius 3 is 2.73 bits per heavy atom. The lowest BCUT2D eigenvalue weighted by Crippen LogP contribution is -2.12. The molecule has 0 spiro atoms. The van der Waals surface area contributed by atoms with Crippen LogP contribution in [0.4, 0.5) is 10.1 Å². The summed E-state index contributed by atoms with van der Waals surface area (Å²) in [7, 11) is 0. The molecule has 1 amide bonds. The molecule has 1 aromatic carbocycles. The molecule has 26 heavy (non-hydrogen) atoms. The lowest BCUT2D eigenvalue weighted by Gasteiger charge is -2.05. The largest absolute Gasteiger partial charge is 0.356 e. The molecule has 0 atom stereocenters. The molecule has 134 valence electrons. The maximum Gasteiger partial charge on any atom is 0.272 e. The van der Waals surface area contributed by atoms with Gasteiger partial charge in [-0.25, -0.2) is 4.39 Å². The Bertz CT molecular complexity index is 997. The van der Waals surface area contributed by atoms with E-state index in [1.165, 1.54) is 30.6 Å². The van der Waals surface area contributed by atoms with Crippen LogP contribution in [0.2, 0.25) is 10.0 Å². The number of nitrogens with one attached hydrogen (secondary N) is 2. The third-order valence-corrected chi connectivity index (χ3v) is 4.28. The van der Waals surface area contributed by atoms with Gasteiger partial charge in [0.1, 0.15) is 5.69 Å². The first-order valence-electron chi connectivity index (χ1n) is 7.61. The van der Waals surface area contributed by atoms with E-state index in [0.29, 0.717) is 12.2 Å². The number of benzene rings is 1. The first-order valence-corrected chi connectivity index (χ1v) is 8.36. The molecular weight excluding hydrogens is 382 g/mol. The number of halogens is 3. The summed E-state index contributed by atoms with van der Waals surface area (Å²) < 4.78 is 15.8. The van der Waals surface area contributed by atoms with E-state index in [0.717, 1.165) is 0 Å². The molecule has 0 aliphatic carbocycles. The van der Waals surface area contributed by atoms with E-state index in [-0.39, 0.29) is 26.9 Å². The van der Waals surface area contributed by atoms with Gasteiger partial charge in [0.05, 0.1) is 27.5 Å². The molecule has 2 aromatic heterocycles. The molecule has 0 saturated heterocycles. The maximum absolute atomic E-state index is 14.2. The van der Waals surface area contributed by atoms with Crippen LogP contribution in [0.3, 0.4) is 0 Å². The zero-order valence-corrected chi connectivity index (χ0v) is 15.0. The molecule has 0 fully saturated rings. The van der Waals surface area contributed by atoms with Gasteiger partial charge in [-0.05, 0) is 25.1 Å². The lowest BCUT2D eigenvalue weighted by atomic mass is 10.0. The predicted molar refractivity (Wildman–Crippen MR) is 96.5 cm³/mol. The minimum absolute atomic E-state index is 0.0592. The van der Waals surface area contributed by atoms with E-state index >= 15 is 0 Å². The monoisotopic (exact) mass is 394 g/mol. The standard InChI is InChI=1S/C17H13Cl2FN4O2/c1-2-24-8-10(7-22-24)23-17(26)13-5-9(6-21-13)16(25)14-11(18)3-4-12(19)15(14)20/h3-8,21H,2H2,1H3,(H,23,26). The predicted octanol–water partition coefficient (Wildman–Crippen LogP) is 4.16. The zero-order chi connectivity index (χ0) is 18.8. The number of amides is 1. The average Bonchev–Trinajstić information content (AvgIpc) is 3.27. The Hall–Kier alpha value is -2.64. The second-order valence-corrected chi connectivity index (χ2v) is 6.20. The number of H-pyrrole nitrogens is 1. The molecule has 0 aliphatic heterocycles. The number of aryl methyl sites for hydroxylation is 1. The van der Waals surface area contributed by atoms with Crippen molar-refractivity contribution < 1.29 is 14.0 Å². The molecule has 0 saturated carbocycles. The van der Waals surface area contributed by atoms with Crippen LogP contribution in [0, 0.1) is 5.82 Å². The van der Waals surface area contributed by atoms with Crippen molar-refractivity contribution in [1.29, 1.82) is 0 Å². The van der Waals surface area contributed by atoms with E-state index in [2.05, 4.69) is 15.4 Å². The minimum atomic E-state index is -0.900. The van der Waals surface area contributed by atoms with Crippen molar-refractivity contribution in [2.75, 3.05) is 5.32 Å². The van der Waals surface area contributed by atoms with Crippen molar-refractivity contribution in [2.24, 2.45) is 0 Å². The molecule has 2 heterocycles. The highest BCUT2D eigenvalue weighted by atomic mass is 35.5. The van der Waals surface area contributed by atoms with Gasteiger partial charge in [-0.2, -0.15) is 5.10 Å². The molecule has 0 bridgehead atoms. The van der Waals surface area contributed by atoms with Crippen molar-refractivity contribution in [3.63, 3.8) is 0 Å². The van der Waals surface area contributed by atoms with Crippen LogP contribution < -0.4 is 5.32 Å². The molecule has 0 radical (unpaired) electrons. The molecular formula is C17H13Cl2FN4O2. The van der Waals surface area contributed by atoms with Crippen molar-refractivity contribution in [3.8, 4) is 0 Å². The van der Waals surface area contributed by atoms with Gasteiger partial charge in [-0.3, -0.25) is 14.3 Å². The van der Waals surface area contributed by atoms with Gasteiger partial charge < -0.3 is 10.3 Å². The number of hydrogen-bond acceptors (Lipinski definition) is 3. The molecule has 2 N–H and O–H groups in total. The Morgan fingerprint density at radius 1 is 1.31 bits per heavy atom. The molecule has 0 unspecified atom stereocenters. The van der Waals surface area contributed by atoms with E-state index < -0.39 is 17.5 Å². The highest BCUT2D eigenvalue weighted by molar-refractivity contribution is 6.37. The highest BCUT2D eigenvalue weighted by Gasteiger charge is 2.22. The summed E-state index contributed by atoms with van der Waals surface area (Å²) in [5, 5.41) is 6.43. The van der Waals surface area contributed by atoms with Gasteiger partial charge in [0.2, 0.25) is 0 Å². The average molecular weight is 395 g/mol. The summed E-state index contributed by atoms with van der Waals surface area (Å²) in [6, 6.07) is 3.92. The fourth-order valence-corrected chi connectivity index (χ4v) is 2.72. The van der Waals surface area contributed by atoms with Crippen molar-refractivity contribution >= 4 is 40.6 Å². The van der Waals surface area contributed by atoms with Crippen molar-refractivity contribution in [3.05, 3.63) is 69.5 Å². The van der Waals surface area contributed by atoms with Crippen molar-refractivity contribution in [2.45, 2.75) is 13.5 Å². The number of rotatable bonds is 5. The summed E-state index contributed by atoms with van der Waals surface area (Å²) in [4.78, 5) is 27.5. The Morgan fingerprint density at radius 2 is 2.04 bits per heavy atom. The minimum Gasteiger partial charge on any atom is -0.356 e. The summed E-state index contributed by atoms with van der Waals surface area (Å²) in [6.07, 6.45) is 4.49. The molecule has 3 aromatic rings. The van der Waals surface area contributed by atoms with E-state index in [4.69, 9.17) is 23.2 Å². The maximum atomic E-state index is 14.2. The molecule has 6 nitrogen and oxygen atoms in total. The SMILES string of the molecule is CCn1cc(NC(=O)c2cc(C(=O)c3c(Cl)ccc(Cl)c3F)c[nH]2)cn1. The van der Waals surface area contributed by atoms with Gasteiger partial charge in [-0.1, -0.05) is 23.2 Å². The normalized spacial score (nSPS) is 10.8. The van der Waals surface area contributed by atoms with E-state index in [9.17, 15) is 14.0 Å². The molecule has 9 heteroatoms. The number of carbonyl (C=O) groups excluding carboxylic acids is 2. The summed E-state index contributed by atoms with van der Waals surface area (Å²) in [5.74, 6) is -2.04. The van der Waals surface area contributed by atoms with Gasteiger partial charge in [0.15, 0.2) is 11.6 Å². The number of anilines is 1. The number of aromatic amines is 1. The van der Waals surface area contributed by atoms with E-state index in [1.54, 1.807) is 10.9 Å². The summed E-state index contributed by atoms with van der Waals surface area (Å²) >= 11 is 11.6. The fourth-order valence-electron chi connectivity index (χ4n) is 2.34. The molecule has 0 aliphatic rings. The van der Waals surface area contributed by atoms with E-state index in [1.807, 2.05) is 6.92 Å². The first-order chi connectivity index (χ1) is 12.4. The fraction of sp³-hybridized carbons (Fsp3) is 0.118. The number of hydrogen-bond donors (Lipinski definition) is 2. The number of carbonyl (C=O) groups is 2. The zero-order valence-electron chi connectivity index (χ0n) is 13.5. The Balaban J connectivity index is 1.82. The third-order valence-electron chi connectivity index (χ3n) is 3.68. The number of ketones is 1. The highest BCUT2D eigenvalue weighted by Crippen LogP contribution is 2.28. The Labute approximate surface area is 157 Å². The number of aromatic nitrogens is 3. The number of nitrogens with zero attached hydrogens (tertiary/aromatic N) is 2. The van der Waals surface area contributed by atoms with Crippen LogP contribution >= 0.6 is 23.2 Å². The van der Waals surface area contributed by atoms with Crippen LogP contribution in [0.25, 0.3) is 0 Å². The smallest absolute Gasteiger partial charge is 0.272 e. The van der Waals surface area contributed by atoms with Gasteiger partial charge >= 0.3 is 0 Å². The second-order valence-electron chi connectivity index (χ2n) is 5.39. The second kappa shape index (κ2) is 7.31. The van der Waals surface area contributed by atoms with Gasteiger partial charge in [0, 0.05) is 24.5 Å². The van der Waals surface area contributed by atoms with Crippen LogP contribution in [-0.4, -0.2) is 26.5 Å². The Kier molecular flexibility index (Phi) is 5.11.